The summed E-state index contributed by atoms with van der Waals surface area (Å²) >= 11 is 0. The zero-order valence-corrected chi connectivity index (χ0v) is 20.8. The predicted molar refractivity (Wildman–Crippen MR) is 137 cm³/mol. The van der Waals surface area contributed by atoms with Crippen molar-refractivity contribution in [3.63, 3.8) is 0 Å². The molecule has 1 aliphatic rings. The lowest BCUT2D eigenvalue weighted by atomic mass is 10.1. The Morgan fingerprint density at radius 2 is 1.21 bits per heavy atom. The van der Waals surface area contributed by atoms with Crippen LogP contribution in [0.1, 0.15) is 103 Å². The van der Waals surface area contributed by atoms with Gasteiger partial charge in [0.25, 0.3) is 0 Å². The van der Waals surface area contributed by atoms with Crippen LogP contribution in [0.15, 0.2) is 36.7 Å². The maximum Gasteiger partial charge on any atom is 0.159 e. The standard InChI is InChI=1S/C29H44N2O2/c1-2-3-4-5-6-9-12-21-32-27-19-17-26(18-20-27)29-30-23-28(24-31-29)33-22-13-10-7-8-11-14-25-15-16-25/h17-20,23-25H,2-16,21-22H2,1H3. The second-order valence-electron chi connectivity index (χ2n) is 9.58. The van der Waals surface area contributed by atoms with Gasteiger partial charge in [-0.05, 0) is 43.0 Å². The van der Waals surface area contributed by atoms with Gasteiger partial charge in [0, 0.05) is 5.56 Å². The van der Waals surface area contributed by atoms with Crippen molar-refractivity contribution in [1.29, 1.82) is 0 Å². The highest BCUT2D eigenvalue weighted by molar-refractivity contribution is 5.56. The molecule has 33 heavy (non-hydrogen) atoms. The first-order chi connectivity index (χ1) is 16.3. The van der Waals surface area contributed by atoms with E-state index in [2.05, 4.69) is 16.9 Å². The summed E-state index contributed by atoms with van der Waals surface area (Å²) in [5, 5.41) is 0. The van der Waals surface area contributed by atoms with Crippen molar-refractivity contribution in [2.24, 2.45) is 5.92 Å². The van der Waals surface area contributed by atoms with Crippen LogP contribution in [-0.4, -0.2) is 23.2 Å². The van der Waals surface area contributed by atoms with E-state index in [4.69, 9.17) is 9.47 Å². The summed E-state index contributed by atoms with van der Waals surface area (Å²) in [7, 11) is 0. The van der Waals surface area contributed by atoms with Crippen LogP contribution >= 0.6 is 0 Å². The first kappa shape index (κ1) is 25.5. The molecular weight excluding hydrogens is 408 g/mol. The first-order valence-electron chi connectivity index (χ1n) is 13.5. The van der Waals surface area contributed by atoms with Crippen LogP contribution in [0.5, 0.6) is 11.5 Å². The van der Waals surface area contributed by atoms with E-state index in [1.165, 1.54) is 83.5 Å². The first-order valence-corrected chi connectivity index (χ1v) is 13.5. The molecule has 0 aliphatic heterocycles. The normalized spacial score (nSPS) is 13.2. The van der Waals surface area contributed by atoms with Gasteiger partial charge in [0.05, 0.1) is 25.6 Å². The molecule has 1 saturated carbocycles. The van der Waals surface area contributed by atoms with E-state index in [0.29, 0.717) is 0 Å². The molecule has 0 unspecified atom stereocenters. The lowest BCUT2D eigenvalue weighted by Gasteiger charge is -2.08. The van der Waals surface area contributed by atoms with Gasteiger partial charge in [0.2, 0.25) is 0 Å². The fraction of sp³-hybridized carbons (Fsp3) is 0.655. The molecule has 1 heterocycles. The molecule has 1 aromatic heterocycles. The topological polar surface area (TPSA) is 44.2 Å². The van der Waals surface area contributed by atoms with Crippen molar-refractivity contribution >= 4 is 0 Å². The number of aromatic nitrogens is 2. The fourth-order valence-corrected chi connectivity index (χ4v) is 4.15. The van der Waals surface area contributed by atoms with Gasteiger partial charge in [-0.25, -0.2) is 9.97 Å². The minimum absolute atomic E-state index is 0.719. The van der Waals surface area contributed by atoms with Crippen LogP contribution in [0.3, 0.4) is 0 Å². The SMILES string of the molecule is CCCCCCCCCOc1ccc(-c2ncc(OCCCCCCCC3CC3)cn2)cc1. The molecule has 2 aromatic rings. The average Bonchev–Trinajstić information content (AvgIpc) is 3.68. The molecule has 4 heteroatoms. The van der Waals surface area contributed by atoms with Gasteiger partial charge >= 0.3 is 0 Å². The summed E-state index contributed by atoms with van der Waals surface area (Å²) in [4.78, 5) is 8.96. The largest absolute Gasteiger partial charge is 0.494 e. The minimum atomic E-state index is 0.719. The molecule has 1 fully saturated rings. The molecule has 1 aromatic carbocycles. The quantitative estimate of drug-likeness (QED) is 0.201. The van der Waals surface area contributed by atoms with Gasteiger partial charge in [0.1, 0.15) is 5.75 Å². The lowest BCUT2D eigenvalue weighted by Crippen LogP contribution is -1.99. The maximum atomic E-state index is 5.88. The van der Waals surface area contributed by atoms with Crippen molar-refractivity contribution in [2.45, 2.75) is 103 Å². The summed E-state index contributed by atoms with van der Waals surface area (Å²) in [6.07, 6.45) is 23.5. The highest BCUT2D eigenvalue weighted by Gasteiger charge is 2.19. The second-order valence-corrected chi connectivity index (χ2v) is 9.58. The Morgan fingerprint density at radius 1 is 0.667 bits per heavy atom. The number of unbranched alkanes of at least 4 members (excludes halogenated alkanes) is 10. The molecule has 1 aliphatic carbocycles. The number of ether oxygens (including phenoxy) is 2. The highest BCUT2D eigenvalue weighted by Crippen LogP contribution is 2.34. The minimum Gasteiger partial charge on any atom is -0.494 e. The van der Waals surface area contributed by atoms with Gasteiger partial charge in [0.15, 0.2) is 11.6 Å². The van der Waals surface area contributed by atoms with E-state index >= 15 is 0 Å². The zero-order chi connectivity index (χ0) is 23.0. The van der Waals surface area contributed by atoms with Crippen LogP contribution in [0.2, 0.25) is 0 Å². The number of benzene rings is 1. The highest BCUT2D eigenvalue weighted by atomic mass is 16.5. The van der Waals surface area contributed by atoms with E-state index in [1.807, 2.05) is 24.3 Å². The Labute approximate surface area is 201 Å². The summed E-state index contributed by atoms with van der Waals surface area (Å²) < 4.78 is 11.7. The van der Waals surface area contributed by atoms with Crippen molar-refractivity contribution < 1.29 is 9.47 Å². The fourth-order valence-electron chi connectivity index (χ4n) is 4.15. The predicted octanol–water partition coefficient (Wildman–Crippen LogP) is 8.40. The smallest absolute Gasteiger partial charge is 0.159 e. The lowest BCUT2D eigenvalue weighted by molar-refractivity contribution is 0.302. The Bertz CT molecular complexity index is 741. The Morgan fingerprint density at radius 3 is 1.82 bits per heavy atom. The molecule has 4 nitrogen and oxygen atoms in total. The van der Waals surface area contributed by atoms with Crippen molar-refractivity contribution in [3.05, 3.63) is 36.7 Å². The molecule has 0 amide bonds. The van der Waals surface area contributed by atoms with Gasteiger partial charge in [-0.1, -0.05) is 90.4 Å². The van der Waals surface area contributed by atoms with E-state index in [-0.39, 0.29) is 0 Å². The van der Waals surface area contributed by atoms with E-state index < -0.39 is 0 Å². The third-order valence-electron chi connectivity index (χ3n) is 6.48. The Kier molecular flexibility index (Phi) is 12.1. The van der Waals surface area contributed by atoms with Gasteiger partial charge in [-0.15, -0.1) is 0 Å². The number of rotatable bonds is 19. The molecule has 0 spiro atoms. The zero-order valence-electron chi connectivity index (χ0n) is 20.8. The number of hydrogen-bond donors (Lipinski definition) is 0. The molecular formula is C29H44N2O2. The summed E-state index contributed by atoms with van der Waals surface area (Å²) in [5.41, 5.74) is 0.996. The van der Waals surface area contributed by atoms with Crippen LogP contribution in [0.25, 0.3) is 11.4 Å². The molecule has 0 bridgehead atoms. The van der Waals surface area contributed by atoms with Crippen molar-refractivity contribution in [1.82, 2.24) is 9.97 Å². The summed E-state index contributed by atoms with van der Waals surface area (Å²) in [6.45, 7) is 3.79. The van der Waals surface area contributed by atoms with Crippen molar-refractivity contribution in [3.8, 4) is 22.9 Å². The van der Waals surface area contributed by atoms with Crippen LogP contribution in [-0.2, 0) is 0 Å². The molecule has 0 saturated heterocycles. The summed E-state index contributed by atoms with van der Waals surface area (Å²) in [6, 6.07) is 8.07. The summed E-state index contributed by atoms with van der Waals surface area (Å²) in [5.74, 6) is 3.46. The third-order valence-corrected chi connectivity index (χ3v) is 6.48. The molecule has 3 rings (SSSR count). The van der Waals surface area contributed by atoms with E-state index in [1.54, 1.807) is 12.4 Å². The molecule has 0 N–H and O–H groups in total. The second kappa shape index (κ2) is 15.7. The van der Waals surface area contributed by atoms with E-state index in [9.17, 15) is 0 Å². The van der Waals surface area contributed by atoms with Crippen molar-refractivity contribution in [2.75, 3.05) is 13.2 Å². The van der Waals surface area contributed by atoms with Gasteiger partial charge in [-0.3, -0.25) is 0 Å². The monoisotopic (exact) mass is 452 g/mol. The Balaban J connectivity index is 1.25. The Hall–Kier alpha value is -2.10. The van der Waals surface area contributed by atoms with Gasteiger partial charge in [-0.2, -0.15) is 0 Å². The molecule has 182 valence electrons. The average molecular weight is 453 g/mol. The maximum absolute atomic E-state index is 5.88. The van der Waals surface area contributed by atoms with Crippen LogP contribution in [0.4, 0.5) is 0 Å². The van der Waals surface area contributed by atoms with Gasteiger partial charge < -0.3 is 9.47 Å². The van der Waals surface area contributed by atoms with E-state index in [0.717, 1.165) is 54.9 Å². The number of hydrogen-bond acceptors (Lipinski definition) is 4. The molecule has 0 atom stereocenters. The van der Waals surface area contributed by atoms with Crippen LogP contribution < -0.4 is 9.47 Å². The molecule has 0 radical (unpaired) electrons. The third kappa shape index (κ3) is 11.0. The number of nitrogens with zero attached hydrogens (tertiary/aromatic N) is 2. The van der Waals surface area contributed by atoms with Crippen LogP contribution in [0, 0.1) is 5.92 Å².